The van der Waals surface area contributed by atoms with E-state index in [1.165, 1.54) is 0 Å². The Kier molecular flexibility index (Phi) is 3.96. The van der Waals surface area contributed by atoms with E-state index in [4.69, 9.17) is 0 Å². The lowest BCUT2D eigenvalue weighted by Gasteiger charge is -2.36. The van der Waals surface area contributed by atoms with Crippen molar-refractivity contribution in [1.82, 2.24) is 10.3 Å². The van der Waals surface area contributed by atoms with Gasteiger partial charge < -0.3 is 10.0 Å². The van der Waals surface area contributed by atoms with Crippen LogP contribution in [0.5, 0.6) is 0 Å². The lowest BCUT2D eigenvalue weighted by molar-refractivity contribution is 0.0690. The number of carboxylic acid groups (broad SMARTS) is 1. The Morgan fingerprint density at radius 2 is 2.29 bits per heavy atom. The summed E-state index contributed by atoms with van der Waals surface area (Å²) < 4.78 is 0. The van der Waals surface area contributed by atoms with Crippen molar-refractivity contribution in [2.24, 2.45) is 4.99 Å². The number of rotatable bonds is 3. The van der Waals surface area contributed by atoms with Crippen molar-refractivity contribution in [2.75, 3.05) is 22.9 Å². The summed E-state index contributed by atoms with van der Waals surface area (Å²) in [5.41, 5.74) is 1.54. The molecule has 2 amide bonds. The summed E-state index contributed by atoms with van der Waals surface area (Å²) in [5, 5.41) is 12.0. The first-order valence-corrected chi connectivity index (χ1v) is 7.69. The molecule has 8 nitrogen and oxygen atoms in total. The zero-order valence-electron chi connectivity index (χ0n) is 13.6. The van der Waals surface area contributed by atoms with Gasteiger partial charge in [-0.3, -0.25) is 10.2 Å². The molecule has 1 fully saturated rings. The molecule has 1 atom stereocenters. The average molecular weight is 329 g/mol. The second kappa shape index (κ2) is 5.95. The van der Waals surface area contributed by atoms with Crippen LogP contribution in [0.2, 0.25) is 0 Å². The number of aromatic nitrogens is 1. The molecule has 126 valence electrons. The third-order valence-electron chi connectivity index (χ3n) is 4.35. The van der Waals surface area contributed by atoms with Gasteiger partial charge in [-0.1, -0.05) is 0 Å². The van der Waals surface area contributed by atoms with Gasteiger partial charge in [-0.15, -0.1) is 0 Å². The van der Waals surface area contributed by atoms with Crippen molar-refractivity contribution >= 4 is 30.2 Å². The molecular weight excluding hydrogens is 310 g/mol. The van der Waals surface area contributed by atoms with E-state index in [9.17, 15) is 14.7 Å². The topological polar surface area (TPSA) is 98.1 Å². The number of aryl methyl sites for hydroxylation is 1. The predicted molar refractivity (Wildman–Crippen MR) is 90.9 cm³/mol. The summed E-state index contributed by atoms with van der Waals surface area (Å²) in [4.78, 5) is 35.8. The number of allylic oxidation sites excluding steroid dienone is 1. The fourth-order valence-corrected chi connectivity index (χ4v) is 3.28. The number of carboxylic acids is 1. The maximum absolute atomic E-state index is 12.7. The Morgan fingerprint density at radius 3 is 2.92 bits per heavy atom. The number of fused-ring (bicyclic) bond motifs is 4. The highest BCUT2D eigenvalue weighted by Crippen LogP contribution is 2.41. The molecule has 0 aromatic carbocycles. The number of hydrogen-bond donors (Lipinski definition) is 2. The highest BCUT2D eigenvalue weighted by Gasteiger charge is 2.41. The minimum atomic E-state index is -1.11. The second-order valence-corrected chi connectivity index (χ2v) is 5.82. The highest BCUT2D eigenvalue weighted by molar-refractivity contribution is 5.99. The lowest BCUT2D eigenvalue weighted by atomic mass is 10.1. The number of hydrogen-bond acceptors (Lipinski definition) is 5. The molecule has 8 heteroatoms. The van der Waals surface area contributed by atoms with Gasteiger partial charge in [-0.05, 0) is 44.7 Å². The molecule has 2 aliphatic heterocycles. The molecule has 1 saturated heterocycles. The van der Waals surface area contributed by atoms with Gasteiger partial charge in [0.1, 0.15) is 5.82 Å². The third kappa shape index (κ3) is 2.49. The molecule has 1 aromatic rings. The molecule has 24 heavy (non-hydrogen) atoms. The SMILES string of the molecule is C=N/C(=C\C)NC(=O)N1c2nc(C(=O)O)cc(C)c2N2CC[C@H]1C2. The Hall–Kier alpha value is -2.90. The Morgan fingerprint density at radius 1 is 1.54 bits per heavy atom. The number of carbonyl (C=O) groups excluding carboxylic acids is 1. The van der Waals surface area contributed by atoms with Gasteiger partial charge in [0.2, 0.25) is 0 Å². The van der Waals surface area contributed by atoms with Gasteiger partial charge in [0, 0.05) is 13.1 Å². The van der Waals surface area contributed by atoms with E-state index >= 15 is 0 Å². The van der Waals surface area contributed by atoms with Crippen LogP contribution in [-0.2, 0) is 0 Å². The first kappa shape index (κ1) is 16.0. The fraction of sp³-hybridized carbons (Fsp3) is 0.375. The van der Waals surface area contributed by atoms with E-state index in [-0.39, 0.29) is 17.8 Å². The highest BCUT2D eigenvalue weighted by atomic mass is 16.4. The molecule has 1 aromatic heterocycles. The summed E-state index contributed by atoms with van der Waals surface area (Å²) >= 11 is 0. The average Bonchev–Trinajstić information content (AvgIpc) is 2.95. The van der Waals surface area contributed by atoms with Crippen LogP contribution in [0.3, 0.4) is 0 Å². The first-order chi connectivity index (χ1) is 11.5. The van der Waals surface area contributed by atoms with Crippen LogP contribution in [0, 0.1) is 6.92 Å². The predicted octanol–water partition coefficient (Wildman–Crippen LogP) is 1.76. The van der Waals surface area contributed by atoms with E-state index in [1.807, 2.05) is 6.92 Å². The molecule has 0 unspecified atom stereocenters. The molecule has 3 heterocycles. The fourth-order valence-electron chi connectivity index (χ4n) is 3.28. The summed E-state index contributed by atoms with van der Waals surface area (Å²) in [7, 11) is 0. The summed E-state index contributed by atoms with van der Waals surface area (Å²) in [6, 6.07) is 1.12. The zero-order valence-corrected chi connectivity index (χ0v) is 13.6. The Labute approximate surface area is 139 Å². The maximum atomic E-state index is 12.7. The standard InChI is InChI=1S/C16H19N5O3/c1-4-12(17-3)19-16(24)21-10-5-6-20(8-10)13-9(2)7-11(15(22)23)18-14(13)21/h4,7,10H,3,5-6,8H2,1-2H3,(H,19,24)(H,22,23)/b12-4+/t10-/m0/s1. The Balaban J connectivity index is 2.07. The van der Waals surface area contributed by atoms with E-state index < -0.39 is 5.97 Å². The minimum absolute atomic E-state index is 0.0450. The van der Waals surface area contributed by atoms with E-state index in [1.54, 1.807) is 24.0 Å². The van der Waals surface area contributed by atoms with E-state index in [0.717, 1.165) is 24.2 Å². The molecule has 0 spiro atoms. The number of amides is 2. The number of aliphatic imine (C=N–C) groups is 1. The number of carbonyl (C=O) groups is 2. The van der Waals surface area contributed by atoms with Crippen molar-refractivity contribution in [1.29, 1.82) is 0 Å². The van der Waals surface area contributed by atoms with Crippen LogP contribution in [0.4, 0.5) is 16.3 Å². The van der Waals surface area contributed by atoms with Crippen molar-refractivity contribution in [3.63, 3.8) is 0 Å². The maximum Gasteiger partial charge on any atom is 0.354 e. The van der Waals surface area contributed by atoms with Crippen molar-refractivity contribution < 1.29 is 14.7 Å². The van der Waals surface area contributed by atoms with Crippen molar-refractivity contribution in [3.8, 4) is 0 Å². The largest absolute Gasteiger partial charge is 0.477 e. The molecule has 0 radical (unpaired) electrons. The smallest absolute Gasteiger partial charge is 0.354 e. The van der Waals surface area contributed by atoms with Gasteiger partial charge in [-0.2, -0.15) is 0 Å². The van der Waals surface area contributed by atoms with Gasteiger partial charge >= 0.3 is 12.0 Å². The number of pyridine rings is 1. The van der Waals surface area contributed by atoms with Crippen LogP contribution in [0.25, 0.3) is 0 Å². The molecule has 3 rings (SSSR count). The van der Waals surface area contributed by atoms with Crippen LogP contribution in [-0.4, -0.2) is 47.9 Å². The second-order valence-electron chi connectivity index (χ2n) is 5.82. The number of anilines is 2. The quantitative estimate of drug-likeness (QED) is 0.823. The summed E-state index contributed by atoms with van der Waals surface area (Å²) in [6.07, 6.45) is 2.45. The molecule has 2 aliphatic rings. The van der Waals surface area contributed by atoms with Crippen LogP contribution < -0.4 is 15.1 Å². The summed E-state index contributed by atoms with van der Waals surface area (Å²) in [6.45, 7) is 8.53. The van der Waals surface area contributed by atoms with Crippen LogP contribution in [0.1, 0.15) is 29.4 Å². The number of aromatic carboxylic acids is 1. The van der Waals surface area contributed by atoms with Gasteiger partial charge in [0.15, 0.2) is 11.5 Å². The number of urea groups is 1. The van der Waals surface area contributed by atoms with E-state index in [0.29, 0.717) is 18.2 Å². The molecule has 0 saturated carbocycles. The third-order valence-corrected chi connectivity index (χ3v) is 4.35. The zero-order chi connectivity index (χ0) is 17.4. The normalized spacial score (nSPS) is 19.1. The molecule has 2 N–H and O–H groups in total. The number of nitrogens with zero attached hydrogens (tertiary/aromatic N) is 4. The van der Waals surface area contributed by atoms with E-state index in [2.05, 4.69) is 26.9 Å². The summed E-state index contributed by atoms with van der Waals surface area (Å²) in [5.74, 6) is -0.373. The van der Waals surface area contributed by atoms with Crippen molar-refractivity contribution in [3.05, 3.63) is 29.2 Å². The van der Waals surface area contributed by atoms with Crippen LogP contribution in [0.15, 0.2) is 23.0 Å². The molecule has 0 aliphatic carbocycles. The van der Waals surface area contributed by atoms with Gasteiger partial charge in [0.25, 0.3) is 0 Å². The number of nitrogens with one attached hydrogen (secondary N) is 1. The van der Waals surface area contributed by atoms with Gasteiger partial charge in [0.05, 0.1) is 11.7 Å². The minimum Gasteiger partial charge on any atom is -0.477 e. The van der Waals surface area contributed by atoms with Crippen LogP contribution >= 0.6 is 0 Å². The lowest BCUT2D eigenvalue weighted by Crippen LogP contribution is -2.50. The van der Waals surface area contributed by atoms with Gasteiger partial charge in [-0.25, -0.2) is 19.6 Å². The van der Waals surface area contributed by atoms with Crippen molar-refractivity contribution in [2.45, 2.75) is 26.3 Å². The monoisotopic (exact) mass is 329 g/mol. The molecular formula is C16H19N5O3. The first-order valence-electron chi connectivity index (χ1n) is 7.69. The Bertz CT molecular complexity index is 758. The molecule has 2 bridgehead atoms.